The molecule has 2 fully saturated rings. The highest BCUT2D eigenvalue weighted by molar-refractivity contribution is 5.93. The van der Waals surface area contributed by atoms with Crippen LogP contribution in [0.15, 0.2) is 35.2 Å². The maximum absolute atomic E-state index is 12.2. The molecule has 0 radical (unpaired) electrons. The molecule has 12 heteroatoms. The number of hydrogen-bond donors (Lipinski definition) is 2. The molecule has 0 aliphatic carbocycles. The largest absolute Gasteiger partial charge is 0.490 e. The molecular weight excluding hydrogens is 433 g/mol. The van der Waals surface area contributed by atoms with E-state index in [1.54, 1.807) is 30.4 Å². The van der Waals surface area contributed by atoms with Crippen LogP contribution in [0, 0.1) is 11.8 Å². The van der Waals surface area contributed by atoms with Gasteiger partial charge in [-0.1, -0.05) is 0 Å². The van der Waals surface area contributed by atoms with Crippen LogP contribution >= 0.6 is 0 Å². The third kappa shape index (κ3) is 6.33. The Kier molecular flexibility index (Phi) is 7.56. The van der Waals surface area contributed by atoms with Gasteiger partial charge in [-0.3, -0.25) is 14.4 Å². The number of piperidine rings is 1. The second-order valence-corrected chi connectivity index (χ2v) is 7.81. The smallest absolute Gasteiger partial charge is 0.475 e. The van der Waals surface area contributed by atoms with E-state index in [1.807, 2.05) is 12.1 Å². The van der Waals surface area contributed by atoms with Gasteiger partial charge in [0.05, 0.1) is 37.3 Å². The molecule has 4 heterocycles. The Bertz CT molecular complexity index is 899. The summed E-state index contributed by atoms with van der Waals surface area (Å²) in [7, 11) is 1.80. The van der Waals surface area contributed by atoms with Crippen LogP contribution in [0.25, 0.3) is 0 Å². The number of carboxylic acids is 1. The van der Waals surface area contributed by atoms with Crippen LogP contribution in [-0.2, 0) is 23.1 Å². The summed E-state index contributed by atoms with van der Waals surface area (Å²) in [6.45, 7) is 4.26. The number of amides is 1. The number of aryl methyl sites for hydroxylation is 1. The molecule has 2 saturated heterocycles. The Hall–Kier alpha value is -2.86. The fraction of sp³-hybridized carbons (Fsp3) is 0.550. The number of carboxylic acid groups (broad SMARTS) is 1. The van der Waals surface area contributed by atoms with E-state index >= 15 is 0 Å². The minimum Gasteiger partial charge on any atom is -0.475 e. The minimum absolute atomic E-state index is 0.0876. The molecule has 1 amide bonds. The normalized spacial score (nSPS) is 23.2. The summed E-state index contributed by atoms with van der Waals surface area (Å²) < 4.78 is 44.8. The molecule has 2 aliphatic heterocycles. The minimum atomic E-state index is -5.08. The standard InChI is InChI=1S/C18H24N4O3.C2HF3O2/c1-21-9-13(7-20-21)18(23)19-8-17-16-4-5-22(10-14(16)12-25-17)11-15-3-2-6-24-15;3-2(4,5)1(6)7/h2-3,6-7,9,14,16-17H,4-5,8,10-12H2,1H3,(H,19,23);(H,6,7)/t14-,16-,17+;/m1./s1. The zero-order valence-corrected chi connectivity index (χ0v) is 17.4. The monoisotopic (exact) mass is 458 g/mol. The number of halogens is 3. The van der Waals surface area contributed by atoms with Crippen molar-refractivity contribution in [3.05, 3.63) is 42.1 Å². The highest BCUT2D eigenvalue weighted by Gasteiger charge is 2.41. The number of rotatable bonds is 5. The Morgan fingerprint density at radius 2 is 2.12 bits per heavy atom. The molecular formula is C20H25F3N4O5. The molecule has 2 N–H and O–H groups in total. The third-order valence-electron chi connectivity index (χ3n) is 5.51. The van der Waals surface area contributed by atoms with Crippen LogP contribution in [-0.4, -0.2) is 70.2 Å². The van der Waals surface area contributed by atoms with E-state index in [1.165, 1.54) is 0 Å². The van der Waals surface area contributed by atoms with E-state index in [2.05, 4.69) is 15.3 Å². The summed E-state index contributed by atoms with van der Waals surface area (Å²) in [5.41, 5.74) is 0.588. The van der Waals surface area contributed by atoms with Gasteiger partial charge in [0.15, 0.2) is 0 Å². The summed E-state index contributed by atoms with van der Waals surface area (Å²) in [6.07, 6.45) is 1.15. The van der Waals surface area contributed by atoms with E-state index in [0.717, 1.165) is 38.4 Å². The third-order valence-corrected chi connectivity index (χ3v) is 5.51. The first kappa shape index (κ1) is 23.8. The molecule has 9 nitrogen and oxygen atoms in total. The van der Waals surface area contributed by atoms with E-state index in [0.29, 0.717) is 23.9 Å². The van der Waals surface area contributed by atoms with E-state index in [4.69, 9.17) is 19.1 Å². The van der Waals surface area contributed by atoms with E-state index < -0.39 is 12.1 Å². The van der Waals surface area contributed by atoms with Crippen molar-refractivity contribution in [3.63, 3.8) is 0 Å². The average molecular weight is 458 g/mol. The number of nitrogens with zero attached hydrogens (tertiary/aromatic N) is 3. The SMILES string of the molecule is Cn1cc(C(=O)NC[C@@H]2OC[C@H]3CN(Cc4ccco4)CC[C@H]32)cn1.O=C(O)C(F)(F)F. The van der Waals surface area contributed by atoms with Crippen LogP contribution in [0.3, 0.4) is 0 Å². The van der Waals surface area contributed by atoms with Gasteiger partial charge in [-0.05, 0) is 31.0 Å². The number of hydrogen-bond acceptors (Lipinski definition) is 6. The van der Waals surface area contributed by atoms with Crippen molar-refractivity contribution in [2.75, 3.05) is 26.2 Å². The van der Waals surface area contributed by atoms with Crippen LogP contribution in [0.4, 0.5) is 13.2 Å². The van der Waals surface area contributed by atoms with Crippen molar-refractivity contribution in [3.8, 4) is 0 Å². The molecule has 0 saturated carbocycles. The number of aliphatic carboxylic acids is 1. The molecule has 2 aromatic heterocycles. The van der Waals surface area contributed by atoms with Crippen molar-refractivity contribution in [2.45, 2.75) is 25.2 Å². The van der Waals surface area contributed by atoms with Crippen LogP contribution in [0.1, 0.15) is 22.5 Å². The lowest BCUT2D eigenvalue weighted by atomic mass is 9.84. The van der Waals surface area contributed by atoms with Crippen molar-refractivity contribution in [2.24, 2.45) is 18.9 Å². The number of fused-ring (bicyclic) bond motifs is 1. The molecule has 4 rings (SSSR count). The zero-order chi connectivity index (χ0) is 23.3. The first-order chi connectivity index (χ1) is 15.1. The molecule has 2 aliphatic rings. The number of furan rings is 1. The lowest BCUT2D eigenvalue weighted by Gasteiger charge is -2.35. The summed E-state index contributed by atoms with van der Waals surface area (Å²) in [6, 6.07) is 3.95. The van der Waals surface area contributed by atoms with Crippen molar-refractivity contribution >= 4 is 11.9 Å². The molecule has 32 heavy (non-hydrogen) atoms. The quantitative estimate of drug-likeness (QED) is 0.704. The zero-order valence-electron chi connectivity index (χ0n) is 17.4. The maximum atomic E-state index is 12.2. The van der Waals surface area contributed by atoms with Crippen molar-refractivity contribution in [1.82, 2.24) is 20.0 Å². The molecule has 0 bridgehead atoms. The fourth-order valence-corrected chi connectivity index (χ4v) is 3.97. The van der Waals surface area contributed by atoms with Crippen molar-refractivity contribution in [1.29, 1.82) is 0 Å². The lowest BCUT2D eigenvalue weighted by Crippen LogP contribution is -2.43. The van der Waals surface area contributed by atoms with Crippen LogP contribution in [0.2, 0.25) is 0 Å². The Labute approximate surface area is 182 Å². The molecule has 0 unspecified atom stereocenters. The number of carbonyl (C=O) groups excluding carboxylic acids is 1. The van der Waals surface area contributed by atoms with Gasteiger partial charge in [0.25, 0.3) is 5.91 Å². The summed E-state index contributed by atoms with van der Waals surface area (Å²) in [4.78, 5) is 23.5. The molecule has 0 aromatic carbocycles. The average Bonchev–Trinajstić information content (AvgIpc) is 3.47. The van der Waals surface area contributed by atoms with Gasteiger partial charge in [-0.2, -0.15) is 18.3 Å². The first-order valence-corrected chi connectivity index (χ1v) is 10.1. The van der Waals surface area contributed by atoms with E-state index in [9.17, 15) is 18.0 Å². The van der Waals surface area contributed by atoms with Gasteiger partial charge in [0.2, 0.25) is 0 Å². The van der Waals surface area contributed by atoms with Gasteiger partial charge in [0, 0.05) is 32.3 Å². The van der Waals surface area contributed by atoms with Gasteiger partial charge in [-0.25, -0.2) is 4.79 Å². The Morgan fingerprint density at radius 3 is 2.72 bits per heavy atom. The van der Waals surface area contributed by atoms with Gasteiger partial charge >= 0.3 is 12.1 Å². The molecule has 2 aromatic rings. The Morgan fingerprint density at radius 1 is 1.38 bits per heavy atom. The van der Waals surface area contributed by atoms with Gasteiger partial charge in [0.1, 0.15) is 5.76 Å². The second kappa shape index (κ2) is 10.2. The first-order valence-electron chi connectivity index (χ1n) is 10.1. The van der Waals surface area contributed by atoms with Crippen LogP contribution < -0.4 is 5.32 Å². The highest BCUT2D eigenvalue weighted by atomic mass is 19.4. The maximum Gasteiger partial charge on any atom is 0.490 e. The number of likely N-dealkylation sites (tertiary alicyclic amines) is 1. The molecule has 3 atom stereocenters. The number of ether oxygens (including phenoxy) is 1. The number of alkyl halides is 3. The molecule has 0 spiro atoms. The summed E-state index contributed by atoms with van der Waals surface area (Å²) >= 11 is 0. The van der Waals surface area contributed by atoms with E-state index in [-0.39, 0.29) is 12.0 Å². The lowest BCUT2D eigenvalue weighted by molar-refractivity contribution is -0.192. The number of carbonyl (C=O) groups is 2. The van der Waals surface area contributed by atoms with Gasteiger partial charge in [-0.15, -0.1) is 0 Å². The summed E-state index contributed by atoms with van der Waals surface area (Å²) in [5.74, 6) is -0.786. The predicted octanol–water partition coefficient (Wildman–Crippen LogP) is 1.91. The topological polar surface area (TPSA) is 110 Å². The molecule has 176 valence electrons. The fourth-order valence-electron chi connectivity index (χ4n) is 3.97. The predicted molar refractivity (Wildman–Crippen MR) is 105 cm³/mol. The number of nitrogens with one attached hydrogen (secondary N) is 1. The Balaban J connectivity index is 0.000000360. The van der Waals surface area contributed by atoms with Gasteiger partial charge < -0.3 is 19.6 Å². The summed E-state index contributed by atoms with van der Waals surface area (Å²) in [5, 5.41) is 14.1. The second-order valence-electron chi connectivity index (χ2n) is 7.81. The van der Waals surface area contributed by atoms with Crippen LogP contribution in [0.5, 0.6) is 0 Å². The number of aromatic nitrogens is 2. The van der Waals surface area contributed by atoms with Crippen molar-refractivity contribution < 1.29 is 37.0 Å². The highest BCUT2D eigenvalue weighted by Crippen LogP contribution is 2.34.